The molecule has 0 aliphatic rings. The van der Waals surface area contributed by atoms with Gasteiger partial charge in [-0.05, 0) is 31.2 Å². The van der Waals surface area contributed by atoms with Gasteiger partial charge in [-0.3, -0.25) is 14.8 Å². The summed E-state index contributed by atoms with van der Waals surface area (Å²) in [6.07, 6.45) is 6.68. The molecule has 26 heavy (non-hydrogen) atoms. The van der Waals surface area contributed by atoms with Crippen LogP contribution in [0.15, 0.2) is 53.5 Å². The molecule has 2 heterocycles. The Morgan fingerprint density at radius 3 is 2.85 bits per heavy atom. The average molecular weight is 356 g/mol. The van der Waals surface area contributed by atoms with E-state index in [-0.39, 0.29) is 36.0 Å². The first-order valence-corrected chi connectivity index (χ1v) is 7.98. The van der Waals surface area contributed by atoms with Gasteiger partial charge in [0.25, 0.3) is 5.91 Å². The summed E-state index contributed by atoms with van der Waals surface area (Å²) in [5.41, 5.74) is 0.947. The third-order valence-electron chi connectivity index (χ3n) is 3.47. The van der Waals surface area contributed by atoms with E-state index in [4.69, 9.17) is 9.15 Å². The van der Waals surface area contributed by atoms with Crippen molar-refractivity contribution in [3.8, 4) is 5.75 Å². The number of benzene rings is 1. The molecule has 3 aromatic rings. The molecule has 1 atom stereocenters. The van der Waals surface area contributed by atoms with Gasteiger partial charge in [0.2, 0.25) is 5.89 Å². The Kier molecular flexibility index (Phi) is 5.52. The normalized spacial score (nSPS) is 11.8. The number of carbonyl (C=O) groups is 1. The molecule has 7 nitrogen and oxygen atoms in total. The Bertz CT molecular complexity index is 852. The summed E-state index contributed by atoms with van der Waals surface area (Å²) < 4.78 is 23.5. The zero-order valence-electron chi connectivity index (χ0n) is 14.1. The molecule has 0 bridgehead atoms. The van der Waals surface area contributed by atoms with Gasteiger partial charge in [-0.1, -0.05) is 0 Å². The summed E-state index contributed by atoms with van der Waals surface area (Å²) in [6.45, 7) is 1.90. The number of nitrogens with zero attached hydrogens (tertiary/aromatic N) is 3. The molecule has 134 valence electrons. The number of hydrogen-bond donors (Lipinski definition) is 1. The fourth-order valence-corrected chi connectivity index (χ4v) is 2.26. The molecule has 0 aliphatic heterocycles. The van der Waals surface area contributed by atoms with Gasteiger partial charge in [-0.2, -0.15) is 0 Å². The molecule has 0 fully saturated rings. The van der Waals surface area contributed by atoms with Gasteiger partial charge in [-0.15, -0.1) is 0 Å². The van der Waals surface area contributed by atoms with Crippen molar-refractivity contribution in [1.29, 1.82) is 0 Å². The molecule has 0 spiro atoms. The molecule has 0 unspecified atom stereocenters. The predicted octanol–water partition coefficient (Wildman–Crippen LogP) is 2.54. The lowest BCUT2D eigenvalue weighted by atomic mass is 10.2. The number of amides is 1. The van der Waals surface area contributed by atoms with Gasteiger partial charge in [0.05, 0.1) is 5.69 Å². The first-order chi connectivity index (χ1) is 12.6. The highest BCUT2D eigenvalue weighted by Crippen LogP contribution is 2.13. The summed E-state index contributed by atoms with van der Waals surface area (Å²) in [4.78, 5) is 24.5. The fraction of sp³-hybridized carbons (Fsp3) is 0.222. The summed E-state index contributed by atoms with van der Waals surface area (Å²) in [7, 11) is 0. The van der Waals surface area contributed by atoms with E-state index in [2.05, 4.69) is 20.3 Å². The van der Waals surface area contributed by atoms with Crippen molar-refractivity contribution in [3.63, 3.8) is 0 Å². The van der Waals surface area contributed by atoms with Gasteiger partial charge < -0.3 is 14.5 Å². The van der Waals surface area contributed by atoms with E-state index in [1.54, 1.807) is 18.6 Å². The van der Waals surface area contributed by atoms with E-state index >= 15 is 0 Å². The number of carbonyl (C=O) groups excluding carboxylic acids is 1. The summed E-state index contributed by atoms with van der Waals surface area (Å²) >= 11 is 0. The lowest BCUT2D eigenvalue weighted by Crippen LogP contribution is -2.34. The number of halogens is 1. The highest BCUT2D eigenvalue weighted by molar-refractivity contribution is 5.92. The molecule has 0 saturated heterocycles. The number of nitrogens with one attached hydrogen (secondary N) is 1. The minimum Gasteiger partial charge on any atom is -0.484 e. The Hall–Kier alpha value is -3.29. The first-order valence-electron chi connectivity index (χ1n) is 7.98. The molecule has 1 N–H and O–H groups in total. The molecule has 8 heteroatoms. The Balaban J connectivity index is 1.51. The predicted molar refractivity (Wildman–Crippen MR) is 89.9 cm³/mol. The smallest absolute Gasteiger partial charge is 0.273 e. The molecule has 1 aromatic carbocycles. The van der Waals surface area contributed by atoms with Crippen LogP contribution in [-0.4, -0.2) is 26.9 Å². The van der Waals surface area contributed by atoms with E-state index in [9.17, 15) is 9.18 Å². The molecular weight excluding hydrogens is 339 g/mol. The highest BCUT2D eigenvalue weighted by Gasteiger charge is 2.15. The molecule has 3 rings (SSSR count). The van der Waals surface area contributed by atoms with Crippen LogP contribution in [0.3, 0.4) is 0 Å². The lowest BCUT2D eigenvalue weighted by molar-refractivity contribution is 0.0935. The van der Waals surface area contributed by atoms with Gasteiger partial charge in [0.15, 0.2) is 12.3 Å². The van der Waals surface area contributed by atoms with E-state index in [1.807, 2.05) is 6.92 Å². The van der Waals surface area contributed by atoms with Gasteiger partial charge >= 0.3 is 0 Å². The summed E-state index contributed by atoms with van der Waals surface area (Å²) in [5.74, 6) is 0.0375. The molecule has 2 aromatic heterocycles. The first kappa shape index (κ1) is 17.5. The second-order valence-electron chi connectivity index (χ2n) is 5.64. The van der Waals surface area contributed by atoms with Crippen molar-refractivity contribution in [2.24, 2.45) is 0 Å². The minimum atomic E-state index is -0.349. The monoisotopic (exact) mass is 356 g/mol. The van der Waals surface area contributed by atoms with Crippen LogP contribution in [0, 0.1) is 5.82 Å². The van der Waals surface area contributed by atoms with Gasteiger partial charge in [0.1, 0.15) is 17.8 Å². The largest absolute Gasteiger partial charge is 0.484 e. The number of hydrogen-bond acceptors (Lipinski definition) is 6. The lowest BCUT2D eigenvalue weighted by Gasteiger charge is -2.11. The Morgan fingerprint density at radius 1 is 1.31 bits per heavy atom. The van der Waals surface area contributed by atoms with Crippen molar-refractivity contribution in [1.82, 2.24) is 20.3 Å². The molecule has 0 saturated carbocycles. The molecule has 0 aliphatic carbocycles. The van der Waals surface area contributed by atoms with Crippen LogP contribution >= 0.6 is 0 Å². The van der Waals surface area contributed by atoms with E-state index in [0.29, 0.717) is 12.2 Å². The van der Waals surface area contributed by atoms with Crippen LogP contribution < -0.4 is 10.1 Å². The molecular formula is C18H17FN4O3. The third kappa shape index (κ3) is 4.85. The van der Waals surface area contributed by atoms with E-state index in [1.165, 1.54) is 30.5 Å². The van der Waals surface area contributed by atoms with Crippen molar-refractivity contribution in [3.05, 3.63) is 72.2 Å². The van der Waals surface area contributed by atoms with Crippen LogP contribution in [0.25, 0.3) is 0 Å². The van der Waals surface area contributed by atoms with Crippen LogP contribution in [0.5, 0.6) is 5.75 Å². The van der Waals surface area contributed by atoms with Crippen LogP contribution in [-0.2, 0) is 13.0 Å². The maximum Gasteiger partial charge on any atom is 0.273 e. The average Bonchev–Trinajstić information content (AvgIpc) is 3.11. The van der Waals surface area contributed by atoms with E-state index < -0.39 is 0 Å². The van der Waals surface area contributed by atoms with Crippen molar-refractivity contribution >= 4 is 5.91 Å². The fourth-order valence-electron chi connectivity index (χ4n) is 2.26. The number of aromatic nitrogens is 3. The molecule has 0 radical (unpaired) electrons. The van der Waals surface area contributed by atoms with Crippen molar-refractivity contribution in [2.75, 3.05) is 0 Å². The van der Waals surface area contributed by atoms with E-state index in [0.717, 1.165) is 5.69 Å². The number of ether oxygens (including phenoxy) is 1. The third-order valence-corrected chi connectivity index (χ3v) is 3.47. The van der Waals surface area contributed by atoms with Gasteiger partial charge in [-0.25, -0.2) is 9.37 Å². The number of oxazole rings is 1. The SMILES string of the molecule is C[C@@H](Cc1cnccn1)NC(=O)c1coc(COc2ccc(F)cc2)n1. The maximum absolute atomic E-state index is 12.8. The molecule has 1 amide bonds. The minimum absolute atomic E-state index is 0.0358. The van der Waals surface area contributed by atoms with Gasteiger partial charge in [0, 0.05) is 31.1 Å². The topological polar surface area (TPSA) is 90.1 Å². The van der Waals surface area contributed by atoms with Crippen LogP contribution in [0.1, 0.15) is 29.0 Å². The van der Waals surface area contributed by atoms with Crippen LogP contribution in [0.4, 0.5) is 4.39 Å². The standard InChI is InChI=1S/C18H17FN4O3/c1-12(8-14-9-20-6-7-21-14)22-18(24)16-10-26-17(23-16)11-25-15-4-2-13(19)3-5-15/h2-7,9-10,12H,8,11H2,1H3,(H,22,24)/t12-/m0/s1. The summed E-state index contributed by atoms with van der Waals surface area (Å²) in [5, 5.41) is 2.83. The van der Waals surface area contributed by atoms with Crippen molar-refractivity contribution < 1.29 is 18.3 Å². The second kappa shape index (κ2) is 8.19. The maximum atomic E-state index is 12.8. The van der Waals surface area contributed by atoms with Crippen LogP contribution in [0.2, 0.25) is 0 Å². The quantitative estimate of drug-likeness (QED) is 0.700. The Labute approximate surface area is 149 Å². The number of rotatable bonds is 7. The second-order valence-corrected chi connectivity index (χ2v) is 5.64. The zero-order chi connectivity index (χ0) is 18.4. The zero-order valence-corrected chi connectivity index (χ0v) is 14.1. The highest BCUT2D eigenvalue weighted by atomic mass is 19.1. The Morgan fingerprint density at radius 2 is 2.12 bits per heavy atom. The summed E-state index contributed by atoms with van der Waals surface area (Å²) in [6, 6.07) is 5.44. The van der Waals surface area contributed by atoms with Crippen molar-refractivity contribution in [2.45, 2.75) is 26.0 Å².